The minimum atomic E-state index is -0.197. The van der Waals surface area contributed by atoms with Crippen LogP contribution in [0.4, 0.5) is 0 Å². The van der Waals surface area contributed by atoms with Crippen molar-refractivity contribution in [3.05, 3.63) is 23.5 Å². The SMILES string of the molecule is COC(=O)CSc1cc2nc(c1)CN[C@@H]1CCCC[C@H]1NCCN[C@@H]1CCCC[C@H]1NC2.[Cl][Mn][Cl]. The number of esters is 1. The van der Waals surface area contributed by atoms with Crippen molar-refractivity contribution >= 4 is 37.9 Å². The van der Waals surface area contributed by atoms with E-state index >= 15 is 0 Å². The summed E-state index contributed by atoms with van der Waals surface area (Å²) in [6, 6.07) is 6.24. The van der Waals surface area contributed by atoms with Crippen molar-refractivity contribution in [2.45, 2.75) is 93.5 Å². The van der Waals surface area contributed by atoms with Gasteiger partial charge in [0, 0.05) is 55.2 Å². The topological polar surface area (TPSA) is 87.3 Å². The van der Waals surface area contributed by atoms with E-state index in [0.717, 1.165) is 42.5 Å². The first-order chi connectivity index (χ1) is 17.1. The van der Waals surface area contributed by atoms with E-state index in [9.17, 15) is 4.79 Å². The Labute approximate surface area is 229 Å². The average Bonchev–Trinajstić information content (AvgIpc) is 2.88. The number of pyridine rings is 1. The first kappa shape index (κ1) is 29.5. The molecular formula is C24H39Cl2MnN5O2S. The summed E-state index contributed by atoms with van der Waals surface area (Å²) in [5.74, 6) is 0.125. The summed E-state index contributed by atoms with van der Waals surface area (Å²) in [5, 5.41) is 15.2. The molecule has 0 amide bonds. The molecule has 1 aromatic rings. The first-order valence-electron chi connectivity index (χ1n) is 12.6. The van der Waals surface area contributed by atoms with Crippen LogP contribution in [0.25, 0.3) is 0 Å². The van der Waals surface area contributed by atoms with Crippen LogP contribution in [0.3, 0.4) is 0 Å². The number of halogens is 2. The summed E-state index contributed by atoms with van der Waals surface area (Å²) >= 11 is 1.54. The van der Waals surface area contributed by atoms with Gasteiger partial charge in [0.1, 0.15) is 0 Å². The molecule has 0 radical (unpaired) electrons. The molecule has 2 fully saturated rings. The van der Waals surface area contributed by atoms with Crippen molar-refractivity contribution in [3.63, 3.8) is 0 Å². The molecule has 2 heterocycles. The molecule has 4 rings (SSSR count). The molecule has 4 atom stereocenters. The Hall–Kier alpha value is -0.0905. The monoisotopic (exact) mass is 586 g/mol. The molecule has 0 spiro atoms. The van der Waals surface area contributed by atoms with Crippen LogP contribution < -0.4 is 21.3 Å². The van der Waals surface area contributed by atoms with E-state index in [0.29, 0.717) is 29.9 Å². The molecule has 7 nitrogen and oxygen atoms in total. The summed E-state index contributed by atoms with van der Waals surface area (Å²) in [6.45, 7) is 3.55. The molecule has 1 aromatic heterocycles. The van der Waals surface area contributed by atoms with Gasteiger partial charge in [-0.1, -0.05) is 25.7 Å². The fraction of sp³-hybridized carbons (Fsp3) is 0.750. The molecule has 3 aliphatic rings. The van der Waals surface area contributed by atoms with Crippen LogP contribution in [0.2, 0.25) is 0 Å². The predicted octanol–water partition coefficient (Wildman–Crippen LogP) is 3.72. The van der Waals surface area contributed by atoms with Crippen LogP contribution in [0.5, 0.6) is 0 Å². The van der Waals surface area contributed by atoms with Crippen molar-refractivity contribution in [1.82, 2.24) is 26.3 Å². The molecular weight excluding hydrogens is 548 g/mol. The van der Waals surface area contributed by atoms with E-state index in [1.807, 2.05) is 0 Å². The van der Waals surface area contributed by atoms with Crippen molar-refractivity contribution in [1.29, 1.82) is 0 Å². The Balaban J connectivity index is 0.00000108. The summed E-state index contributed by atoms with van der Waals surface area (Å²) < 4.78 is 4.83. The molecule has 2 aliphatic carbocycles. The van der Waals surface area contributed by atoms with Crippen molar-refractivity contribution in [2.24, 2.45) is 0 Å². The quantitative estimate of drug-likeness (QED) is 0.242. The van der Waals surface area contributed by atoms with Gasteiger partial charge in [0.25, 0.3) is 0 Å². The van der Waals surface area contributed by atoms with Gasteiger partial charge in [-0.15, -0.1) is 11.8 Å². The van der Waals surface area contributed by atoms with Gasteiger partial charge in [-0.3, -0.25) is 9.78 Å². The number of methoxy groups -OCH3 is 1. The van der Waals surface area contributed by atoms with Crippen LogP contribution in [0.1, 0.15) is 62.8 Å². The number of carbonyl (C=O) groups is 1. The van der Waals surface area contributed by atoms with Crippen molar-refractivity contribution in [2.75, 3.05) is 26.0 Å². The fourth-order valence-corrected chi connectivity index (χ4v) is 6.15. The Morgan fingerprint density at radius 1 is 0.914 bits per heavy atom. The molecule has 35 heavy (non-hydrogen) atoms. The summed E-state index contributed by atoms with van der Waals surface area (Å²) in [4.78, 5) is 17.7. The number of ether oxygens (including phenoxy) is 1. The number of thioether (sulfide) groups is 1. The van der Waals surface area contributed by atoms with Crippen LogP contribution in [-0.2, 0) is 35.8 Å². The van der Waals surface area contributed by atoms with E-state index in [1.54, 1.807) is 0 Å². The van der Waals surface area contributed by atoms with Crippen LogP contribution >= 0.6 is 32.0 Å². The molecule has 4 N–H and O–H groups in total. The molecule has 0 aromatic carbocycles. The number of nitrogens with zero attached hydrogens (tertiary/aromatic N) is 1. The van der Waals surface area contributed by atoms with Crippen molar-refractivity contribution in [3.8, 4) is 0 Å². The van der Waals surface area contributed by atoms with Crippen molar-refractivity contribution < 1.29 is 22.7 Å². The van der Waals surface area contributed by atoms with E-state index in [2.05, 4.69) is 33.4 Å². The maximum atomic E-state index is 11.7. The third-order valence-electron chi connectivity index (χ3n) is 7.05. The van der Waals surface area contributed by atoms with Gasteiger partial charge in [0.15, 0.2) is 0 Å². The number of rotatable bonds is 3. The number of hydrogen-bond donors (Lipinski definition) is 4. The Kier molecular flexibility index (Phi) is 14.1. The van der Waals surface area contributed by atoms with Gasteiger partial charge in [0.05, 0.1) is 24.3 Å². The Bertz CT molecular complexity index is 733. The zero-order valence-corrected chi connectivity index (χ0v) is 24.0. The van der Waals surface area contributed by atoms with Gasteiger partial charge in [-0.2, -0.15) is 0 Å². The second kappa shape index (κ2) is 16.7. The van der Waals surface area contributed by atoms with E-state index in [1.165, 1.54) is 70.2 Å². The van der Waals surface area contributed by atoms with Gasteiger partial charge in [-0.05, 0) is 37.8 Å². The number of aromatic nitrogens is 1. The number of hydrogen-bond acceptors (Lipinski definition) is 8. The number of fused-ring (bicyclic) bond motifs is 4. The Morgan fingerprint density at radius 3 is 1.77 bits per heavy atom. The third-order valence-corrected chi connectivity index (χ3v) is 8.00. The average molecular weight is 588 g/mol. The molecule has 2 saturated carbocycles. The number of carbonyl (C=O) groups excluding carboxylic acids is 1. The van der Waals surface area contributed by atoms with E-state index in [-0.39, 0.29) is 19.1 Å². The van der Waals surface area contributed by atoms with Gasteiger partial charge in [-0.25, -0.2) is 0 Å². The molecule has 1 aliphatic heterocycles. The van der Waals surface area contributed by atoms with Gasteiger partial charge >= 0.3 is 39.3 Å². The van der Waals surface area contributed by atoms with Crippen LogP contribution in [0, 0.1) is 0 Å². The third kappa shape index (κ3) is 10.3. The van der Waals surface area contributed by atoms with E-state index < -0.39 is 0 Å². The summed E-state index contributed by atoms with van der Waals surface area (Å²) in [7, 11) is 11.0. The zero-order chi connectivity index (χ0) is 24.9. The minimum absolute atomic E-state index is 0.00694. The molecule has 199 valence electrons. The number of nitrogens with one attached hydrogen (secondary N) is 4. The second-order valence-electron chi connectivity index (χ2n) is 9.37. The molecule has 11 heteroatoms. The van der Waals surface area contributed by atoms with E-state index in [4.69, 9.17) is 29.9 Å². The summed E-state index contributed by atoms with van der Waals surface area (Å²) in [6.07, 6.45) is 10.1. The van der Waals surface area contributed by atoms with Gasteiger partial charge < -0.3 is 26.0 Å². The molecule has 0 saturated heterocycles. The second-order valence-corrected chi connectivity index (χ2v) is 12.4. The fourth-order valence-electron chi connectivity index (χ4n) is 5.31. The zero-order valence-electron chi connectivity index (χ0n) is 20.5. The first-order valence-corrected chi connectivity index (χ1v) is 16.9. The molecule has 2 bridgehead atoms. The summed E-state index contributed by atoms with van der Waals surface area (Å²) in [5.41, 5.74) is 2.10. The van der Waals surface area contributed by atoms with Crippen LogP contribution in [0.15, 0.2) is 17.0 Å². The van der Waals surface area contributed by atoms with Crippen LogP contribution in [-0.4, -0.2) is 61.1 Å². The normalized spacial score (nSPS) is 27.6. The Morgan fingerprint density at radius 2 is 1.34 bits per heavy atom. The molecule has 0 unspecified atom stereocenters. The standard InChI is InChI=1S/C24H39N5O2S.2ClH.Mn/c1-31-24(30)16-32-19-12-17-14-27-22-8-4-2-6-20(22)25-10-11-26-21-7-3-5-9-23(21)28-15-18(13-19)29-17;;;/h12-13,20-23,25-28H,2-11,14-16H2,1H3;2*1H;/q;;;+2/p-2/t20-,21-,22-,23-;;;/m1.../s1. The predicted molar refractivity (Wildman–Crippen MR) is 140 cm³/mol. The maximum absolute atomic E-state index is 11.7. The van der Waals surface area contributed by atoms with Gasteiger partial charge in [0.2, 0.25) is 0 Å².